The Morgan fingerprint density at radius 2 is 2.14 bits per heavy atom. The van der Waals surface area contributed by atoms with Crippen LogP contribution in [0.4, 0.5) is 4.39 Å². The first-order valence-corrected chi connectivity index (χ1v) is 8.36. The van der Waals surface area contributed by atoms with Gasteiger partial charge < -0.3 is 10.6 Å². The molecule has 2 N–H and O–H groups in total. The molecule has 120 valence electrons. The lowest BCUT2D eigenvalue weighted by Gasteiger charge is -2.32. The predicted octanol–water partition coefficient (Wildman–Crippen LogP) is 3.25. The topological polar surface area (TPSA) is 46.3 Å². The fourth-order valence-electron chi connectivity index (χ4n) is 4.01. The SMILES string of the molecule is CC1CC(c2cccc(F)c2)N(C(=O)C2CCCC(N)C2)C1. The Morgan fingerprint density at radius 1 is 1.32 bits per heavy atom. The van der Waals surface area contributed by atoms with Crippen molar-refractivity contribution in [2.45, 2.75) is 51.1 Å². The van der Waals surface area contributed by atoms with E-state index in [-0.39, 0.29) is 29.7 Å². The third kappa shape index (κ3) is 3.17. The van der Waals surface area contributed by atoms with Gasteiger partial charge in [0.25, 0.3) is 0 Å². The molecule has 4 heteroatoms. The molecule has 0 spiro atoms. The quantitative estimate of drug-likeness (QED) is 0.911. The summed E-state index contributed by atoms with van der Waals surface area (Å²) in [5.41, 5.74) is 6.95. The Morgan fingerprint density at radius 3 is 2.86 bits per heavy atom. The maximum absolute atomic E-state index is 13.5. The van der Waals surface area contributed by atoms with Gasteiger partial charge in [0, 0.05) is 18.5 Å². The van der Waals surface area contributed by atoms with Crippen LogP contribution in [0.5, 0.6) is 0 Å². The van der Waals surface area contributed by atoms with Gasteiger partial charge in [0.1, 0.15) is 5.82 Å². The number of amides is 1. The third-order valence-corrected chi connectivity index (χ3v) is 5.09. The summed E-state index contributed by atoms with van der Waals surface area (Å²) in [6.07, 6.45) is 4.69. The normalized spacial score (nSPS) is 32.2. The minimum Gasteiger partial charge on any atom is -0.335 e. The number of carbonyl (C=O) groups is 1. The molecule has 3 nitrogen and oxygen atoms in total. The molecule has 0 radical (unpaired) electrons. The first-order chi connectivity index (χ1) is 10.5. The van der Waals surface area contributed by atoms with Gasteiger partial charge in [-0.05, 0) is 49.3 Å². The van der Waals surface area contributed by atoms with E-state index in [1.165, 1.54) is 6.07 Å². The molecule has 1 saturated carbocycles. The maximum atomic E-state index is 13.5. The number of nitrogens with zero attached hydrogens (tertiary/aromatic N) is 1. The average Bonchev–Trinajstić information content (AvgIpc) is 2.88. The van der Waals surface area contributed by atoms with E-state index in [1.807, 2.05) is 11.0 Å². The lowest BCUT2D eigenvalue weighted by molar-refractivity contribution is -0.137. The number of nitrogens with two attached hydrogens (primary N) is 1. The number of carbonyl (C=O) groups excluding carboxylic acids is 1. The van der Waals surface area contributed by atoms with Crippen LogP contribution in [-0.2, 0) is 4.79 Å². The number of hydrogen-bond acceptors (Lipinski definition) is 2. The number of rotatable bonds is 2. The van der Waals surface area contributed by atoms with Gasteiger partial charge in [-0.2, -0.15) is 0 Å². The van der Waals surface area contributed by atoms with Crippen LogP contribution >= 0.6 is 0 Å². The molecule has 1 aliphatic carbocycles. The van der Waals surface area contributed by atoms with Crippen molar-refractivity contribution in [3.05, 3.63) is 35.6 Å². The number of benzene rings is 1. The number of likely N-dealkylation sites (tertiary alicyclic amines) is 1. The van der Waals surface area contributed by atoms with Crippen molar-refractivity contribution in [3.8, 4) is 0 Å². The molecule has 0 bridgehead atoms. The second kappa shape index (κ2) is 6.37. The van der Waals surface area contributed by atoms with Crippen molar-refractivity contribution in [2.24, 2.45) is 17.6 Å². The summed E-state index contributed by atoms with van der Waals surface area (Å²) in [6.45, 7) is 2.93. The van der Waals surface area contributed by atoms with Crippen molar-refractivity contribution in [2.75, 3.05) is 6.54 Å². The van der Waals surface area contributed by atoms with Gasteiger partial charge in [0.2, 0.25) is 5.91 Å². The summed E-state index contributed by atoms with van der Waals surface area (Å²) < 4.78 is 13.5. The van der Waals surface area contributed by atoms with E-state index in [2.05, 4.69) is 6.92 Å². The highest BCUT2D eigenvalue weighted by molar-refractivity contribution is 5.80. The molecule has 3 rings (SSSR count). The maximum Gasteiger partial charge on any atom is 0.226 e. The molecule has 1 heterocycles. The van der Waals surface area contributed by atoms with Crippen molar-refractivity contribution in [1.29, 1.82) is 0 Å². The lowest BCUT2D eigenvalue weighted by atomic mass is 9.85. The van der Waals surface area contributed by atoms with Gasteiger partial charge in [0.15, 0.2) is 0 Å². The first-order valence-electron chi connectivity index (χ1n) is 8.36. The smallest absolute Gasteiger partial charge is 0.226 e. The van der Waals surface area contributed by atoms with Crippen LogP contribution in [0.25, 0.3) is 0 Å². The molecule has 1 saturated heterocycles. The molecule has 1 amide bonds. The standard InChI is InChI=1S/C18H25FN2O/c1-12-8-17(13-4-2-6-15(19)9-13)21(11-12)18(22)14-5-3-7-16(20)10-14/h2,4,6,9,12,14,16-17H,3,5,7-8,10-11,20H2,1H3. The van der Waals surface area contributed by atoms with E-state index in [4.69, 9.17) is 5.73 Å². The third-order valence-electron chi connectivity index (χ3n) is 5.09. The number of halogens is 1. The molecule has 1 aromatic carbocycles. The van der Waals surface area contributed by atoms with Crippen LogP contribution in [0.3, 0.4) is 0 Å². The fraction of sp³-hybridized carbons (Fsp3) is 0.611. The van der Waals surface area contributed by atoms with Crippen molar-refractivity contribution in [3.63, 3.8) is 0 Å². The summed E-state index contributed by atoms with van der Waals surface area (Å²) in [4.78, 5) is 14.9. The molecule has 1 aromatic rings. The second-order valence-electron chi connectivity index (χ2n) is 7.03. The molecule has 0 aromatic heterocycles. The van der Waals surface area contributed by atoms with Crippen LogP contribution < -0.4 is 5.73 Å². The van der Waals surface area contributed by atoms with Crippen molar-refractivity contribution < 1.29 is 9.18 Å². The van der Waals surface area contributed by atoms with E-state index < -0.39 is 0 Å². The van der Waals surface area contributed by atoms with Crippen LogP contribution in [0.1, 0.15) is 50.6 Å². The van der Waals surface area contributed by atoms with Crippen LogP contribution in [0.15, 0.2) is 24.3 Å². The summed E-state index contributed by atoms with van der Waals surface area (Å²) in [6, 6.07) is 6.83. The zero-order valence-electron chi connectivity index (χ0n) is 13.2. The van der Waals surface area contributed by atoms with Gasteiger partial charge in [-0.3, -0.25) is 4.79 Å². The highest BCUT2D eigenvalue weighted by atomic mass is 19.1. The Balaban J connectivity index is 1.79. The highest BCUT2D eigenvalue weighted by Gasteiger charge is 2.38. The average molecular weight is 304 g/mol. The molecular weight excluding hydrogens is 279 g/mol. The van der Waals surface area contributed by atoms with Gasteiger partial charge in [0.05, 0.1) is 6.04 Å². The van der Waals surface area contributed by atoms with E-state index in [1.54, 1.807) is 12.1 Å². The summed E-state index contributed by atoms with van der Waals surface area (Å²) >= 11 is 0. The molecule has 1 aliphatic heterocycles. The van der Waals surface area contributed by atoms with Crippen LogP contribution in [-0.4, -0.2) is 23.4 Å². The Hall–Kier alpha value is -1.42. The zero-order valence-corrected chi connectivity index (χ0v) is 13.2. The summed E-state index contributed by atoms with van der Waals surface area (Å²) in [5, 5.41) is 0. The molecule has 22 heavy (non-hydrogen) atoms. The highest BCUT2D eigenvalue weighted by Crippen LogP contribution is 2.38. The predicted molar refractivity (Wildman–Crippen MR) is 84.6 cm³/mol. The lowest BCUT2D eigenvalue weighted by Crippen LogP contribution is -2.40. The minimum absolute atomic E-state index is 0.0105. The largest absolute Gasteiger partial charge is 0.335 e. The van der Waals surface area contributed by atoms with Crippen molar-refractivity contribution in [1.82, 2.24) is 4.90 Å². The zero-order chi connectivity index (χ0) is 15.7. The van der Waals surface area contributed by atoms with Crippen LogP contribution in [0.2, 0.25) is 0 Å². The molecule has 4 unspecified atom stereocenters. The molecule has 4 atom stereocenters. The van der Waals surface area contributed by atoms with E-state index in [0.717, 1.165) is 44.2 Å². The minimum atomic E-state index is -0.232. The fourth-order valence-corrected chi connectivity index (χ4v) is 4.01. The van der Waals surface area contributed by atoms with Gasteiger partial charge in [-0.25, -0.2) is 4.39 Å². The Labute approximate surface area is 131 Å². The molecular formula is C18H25FN2O. The monoisotopic (exact) mass is 304 g/mol. The molecule has 2 fully saturated rings. The second-order valence-corrected chi connectivity index (χ2v) is 7.03. The summed E-state index contributed by atoms with van der Waals surface area (Å²) in [5.74, 6) is 0.484. The van der Waals surface area contributed by atoms with Crippen molar-refractivity contribution >= 4 is 5.91 Å². The Bertz CT molecular complexity index is 548. The van der Waals surface area contributed by atoms with Gasteiger partial charge in [-0.15, -0.1) is 0 Å². The van der Waals surface area contributed by atoms with Crippen LogP contribution in [0, 0.1) is 17.7 Å². The van der Waals surface area contributed by atoms with Gasteiger partial charge >= 0.3 is 0 Å². The van der Waals surface area contributed by atoms with E-state index in [9.17, 15) is 9.18 Å². The summed E-state index contributed by atoms with van der Waals surface area (Å²) in [7, 11) is 0. The van der Waals surface area contributed by atoms with E-state index in [0.29, 0.717) is 5.92 Å². The molecule has 2 aliphatic rings. The first kappa shape index (κ1) is 15.5. The Kier molecular flexibility index (Phi) is 4.48. The number of hydrogen-bond donors (Lipinski definition) is 1. The van der Waals surface area contributed by atoms with E-state index >= 15 is 0 Å². The van der Waals surface area contributed by atoms with Gasteiger partial charge in [-0.1, -0.05) is 25.5 Å².